The number of piperidine rings is 1. The molecule has 4 rings (SSSR count). The molecule has 0 radical (unpaired) electrons. The molecule has 1 amide bonds. The maximum atomic E-state index is 13.1. The fourth-order valence-corrected chi connectivity index (χ4v) is 5.84. The lowest BCUT2D eigenvalue weighted by Gasteiger charge is -2.31. The first kappa shape index (κ1) is 20.2. The van der Waals surface area contributed by atoms with Gasteiger partial charge in [-0.05, 0) is 80.8 Å². The monoisotopic (exact) mass is 416 g/mol. The first-order valence-electron chi connectivity index (χ1n) is 10.4. The van der Waals surface area contributed by atoms with Crippen molar-refractivity contribution in [1.29, 1.82) is 0 Å². The van der Waals surface area contributed by atoms with E-state index >= 15 is 0 Å². The predicted molar refractivity (Wildman–Crippen MR) is 110 cm³/mol. The number of rotatable bonds is 5. The highest BCUT2D eigenvalue weighted by molar-refractivity contribution is 7.89. The Morgan fingerprint density at radius 3 is 2.55 bits per heavy atom. The maximum absolute atomic E-state index is 13.1. The van der Waals surface area contributed by atoms with Crippen LogP contribution in [0.1, 0.15) is 55.5 Å². The van der Waals surface area contributed by atoms with E-state index in [0.717, 1.165) is 19.3 Å². The molecule has 1 atom stereocenters. The number of hydrogen-bond acceptors (Lipinski definition) is 4. The van der Waals surface area contributed by atoms with Crippen molar-refractivity contribution in [2.45, 2.75) is 56.4 Å². The number of carbonyl (C=O) groups is 1. The number of nitrogens with zero attached hydrogens (tertiary/aromatic N) is 1. The van der Waals surface area contributed by atoms with Crippen molar-refractivity contribution < 1.29 is 17.6 Å². The van der Waals surface area contributed by atoms with Gasteiger partial charge in [-0.3, -0.25) is 4.79 Å². The highest BCUT2D eigenvalue weighted by atomic mass is 32.2. The molecule has 0 spiro atoms. The second-order valence-corrected chi connectivity index (χ2v) is 10.00. The molecule has 0 unspecified atom stereocenters. The zero-order valence-electron chi connectivity index (χ0n) is 16.8. The second kappa shape index (κ2) is 8.32. The molecule has 1 N–H and O–H groups in total. The number of benzene rings is 1. The van der Waals surface area contributed by atoms with Crippen molar-refractivity contribution in [3.05, 3.63) is 53.5 Å². The van der Waals surface area contributed by atoms with Crippen molar-refractivity contribution in [1.82, 2.24) is 9.62 Å². The summed E-state index contributed by atoms with van der Waals surface area (Å²) in [4.78, 5) is 13.0. The van der Waals surface area contributed by atoms with Crippen LogP contribution in [0.2, 0.25) is 0 Å². The molecule has 7 heteroatoms. The minimum atomic E-state index is -3.52. The molecular formula is C22H28N2O4S. The summed E-state index contributed by atoms with van der Waals surface area (Å²) in [6, 6.07) is 8.99. The van der Waals surface area contributed by atoms with Crippen LogP contribution in [0.4, 0.5) is 0 Å². The molecule has 29 heavy (non-hydrogen) atoms. The van der Waals surface area contributed by atoms with Gasteiger partial charge in [-0.1, -0.05) is 6.07 Å². The number of fused-ring (bicyclic) bond motifs is 1. The quantitative estimate of drug-likeness (QED) is 0.810. The highest BCUT2D eigenvalue weighted by Crippen LogP contribution is 2.28. The molecule has 156 valence electrons. The van der Waals surface area contributed by atoms with Crippen LogP contribution in [-0.2, 0) is 27.7 Å². The van der Waals surface area contributed by atoms with Crippen LogP contribution in [0, 0.1) is 5.92 Å². The largest absolute Gasteiger partial charge is 0.467 e. The van der Waals surface area contributed by atoms with E-state index in [0.29, 0.717) is 36.6 Å². The summed E-state index contributed by atoms with van der Waals surface area (Å²) in [7, 11) is -3.52. The molecule has 1 saturated heterocycles. The summed E-state index contributed by atoms with van der Waals surface area (Å²) < 4.78 is 33.0. The van der Waals surface area contributed by atoms with Crippen molar-refractivity contribution in [2.75, 3.05) is 13.1 Å². The van der Waals surface area contributed by atoms with Crippen LogP contribution in [0.5, 0.6) is 0 Å². The summed E-state index contributed by atoms with van der Waals surface area (Å²) in [6.45, 7) is 2.62. The van der Waals surface area contributed by atoms with E-state index in [-0.39, 0.29) is 17.9 Å². The predicted octanol–water partition coefficient (Wildman–Crippen LogP) is 3.44. The van der Waals surface area contributed by atoms with E-state index in [9.17, 15) is 13.2 Å². The Morgan fingerprint density at radius 2 is 1.86 bits per heavy atom. The molecule has 0 saturated carbocycles. The minimum Gasteiger partial charge on any atom is -0.467 e. The smallest absolute Gasteiger partial charge is 0.243 e. The van der Waals surface area contributed by atoms with Gasteiger partial charge in [-0.25, -0.2) is 8.42 Å². The van der Waals surface area contributed by atoms with E-state index in [1.54, 1.807) is 18.4 Å². The van der Waals surface area contributed by atoms with Gasteiger partial charge < -0.3 is 9.73 Å². The Kier molecular flexibility index (Phi) is 5.79. The Labute approximate surface area is 172 Å². The molecule has 1 aliphatic heterocycles. The lowest BCUT2D eigenvalue weighted by atomic mass is 9.92. The molecule has 2 aromatic rings. The average molecular weight is 417 g/mol. The van der Waals surface area contributed by atoms with E-state index in [1.807, 2.05) is 25.1 Å². The summed E-state index contributed by atoms with van der Waals surface area (Å²) in [5, 5.41) is 2.97. The number of sulfonamides is 1. The summed E-state index contributed by atoms with van der Waals surface area (Å²) in [5.74, 6) is 0.493. The minimum absolute atomic E-state index is 0.0419. The van der Waals surface area contributed by atoms with Gasteiger partial charge in [0.2, 0.25) is 15.9 Å². The van der Waals surface area contributed by atoms with Crippen LogP contribution in [-0.4, -0.2) is 31.7 Å². The normalized spacial score (nSPS) is 19.5. The summed E-state index contributed by atoms with van der Waals surface area (Å²) in [5.41, 5.74) is 2.44. The molecule has 6 nitrogen and oxygen atoms in total. The van der Waals surface area contributed by atoms with Gasteiger partial charge in [0.1, 0.15) is 5.76 Å². The number of nitrogens with one attached hydrogen (secondary N) is 1. The lowest BCUT2D eigenvalue weighted by molar-refractivity contribution is -0.126. The molecule has 0 bridgehead atoms. The number of amides is 1. The third-order valence-electron chi connectivity index (χ3n) is 6.11. The molecule has 1 aromatic heterocycles. The van der Waals surface area contributed by atoms with Gasteiger partial charge >= 0.3 is 0 Å². The Bertz CT molecular complexity index is 961. The van der Waals surface area contributed by atoms with Gasteiger partial charge in [-0.15, -0.1) is 0 Å². The van der Waals surface area contributed by atoms with E-state index in [1.165, 1.54) is 21.9 Å². The third kappa shape index (κ3) is 4.26. The number of furan rings is 1. The number of carbonyl (C=O) groups excluding carboxylic acids is 1. The standard InChI is InChI=1S/C22H28N2O4S/c1-16(21-7-4-14-28-21)23-22(25)18-10-12-24(13-11-18)29(26,27)20-9-8-17-5-2-3-6-19(17)15-20/h4,7-9,14-16,18H,2-3,5-6,10-13H2,1H3,(H,23,25)/t16-/m0/s1. The van der Waals surface area contributed by atoms with Crippen LogP contribution < -0.4 is 5.32 Å². The maximum Gasteiger partial charge on any atom is 0.243 e. The Balaban J connectivity index is 1.38. The fraction of sp³-hybridized carbons (Fsp3) is 0.500. The van der Waals surface area contributed by atoms with Gasteiger partial charge in [0.05, 0.1) is 17.2 Å². The molecule has 2 heterocycles. The molecule has 1 aliphatic carbocycles. The van der Waals surface area contributed by atoms with Gasteiger partial charge in [0, 0.05) is 19.0 Å². The summed E-state index contributed by atoms with van der Waals surface area (Å²) in [6.07, 6.45) is 6.92. The number of hydrogen-bond donors (Lipinski definition) is 1. The van der Waals surface area contributed by atoms with Crippen LogP contribution >= 0.6 is 0 Å². The van der Waals surface area contributed by atoms with E-state index in [2.05, 4.69) is 5.32 Å². The zero-order chi connectivity index (χ0) is 20.4. The van der Waals surface area contributed by atoms with Crippen LogP contribution in [0.15, 0.2) is 45.9 Å². The van der Waals surface area contributed by atoms with E-state index in [4.69, 9.17) is 4.42 Å². The van der Waals surface area contributed by atoms with Crippen molar-refractivity contribution >= 4 is 15.9 Å². The zero-order valence-corrected chi connectivity index (χ0v) is 17.6. The molecule has 2 aliphatic rings. The second-order valence-electron chi connectivity index (χ2n) is 8.06. The SMILES string of the molecule is C[C@H](NC(=O)C1CCN(S(=O)(=O)c2ccc3c(c2)CCCC3)CC1)c1ccco1. The Hall–Kier alpha value is -2.12. The van der Waals surface area contributed by atoms with Crippen molar-refractivity contribution in [2.24, 2.45) is 5.92 Å². The average Bonchev–Trinajstić information content (AvgIpc) is 3.28. The van der Waals surface area contributed by atoms with Crippen LogP contribution in [0.3, 0.4) is 0 Å². The van der Waals surface area contributed by atoms with E-state index < -0.39 is 10.0 Å². The summed E-state index contributed by atoms with van der Waals surface area (Å²) >= 11 is 0. The van der Waals surface area contributed by atoms with Gasteiger partial charge in [0.25, 0.3) is 0 Å². The third-order valence-corrected chi connectivity index (χ3v) is 8.01. The molecule has 1 fully saturated rings. The van der Waals surface area contributed by atoms with Gasteiger partial charge in [-0.2, -0.15) is 4.31 Å². The topological polar surface area (TPSA) is 79.6 Å². The highest BCUT2D eigenvalue weighted by Gasteiger charge is 2.33. The lowest BCUT2D eigenvalue weighted by Crippen LogP contribution is -2.43. The van der Waals surface area contributed by atoms with Crippen molar-refractivity contribution in [3.8, 4) is 0 Å². The first-order chi connectivity index (χ1) is 13.9. The Morgan fingerprint density at radius 1 is 1.14 bits per heavy atom. The first-order valence-corrected chi connectivity index (χ1v) is 11.8. The molecular weight excluding hydrogens is 388 g/mol. The fourth-order valence-electron chi connectivity index (χ4n) is 4.32. The van der Waals surface area contributed by atoms with Crippen molar-refractivity contribution in [3.63, 3.8) is 0 Å². The number of aryl methyl sites for hydroxylation is 2. The van der Waals surface area contributed by atoms with Crippen LogP contribution in [0.25, 0.3) is 0 Å². The molecule has 1 aromatic carbocycles. The van der Waals surface area contributed by atoms with Gasteiger partial charge in [0.15, 0.2) is 0 Å².